The second kappa shape index (κ2) is 14.3. The van der Waals surface area contributed by atoms with Crippen LogP contribution in [0.4, 0.5) is 0 Å². The third kappa shape index (κ3) is 6.71. The maximum Gasteiger partial charge on any atom is -0.0186 e. The van der Waals surface area contributed by atoms with Gasteiger partial charge in [-0.05, 0) is 11.1 Å². The smallest absolute Gasteiger partial charge is 0.0186 e. The molecule has 174 valence electrons. The molecule has 1 atom stereocenters. The van der Waals surface area contributed by atoms with Gasteiger partial charge in [-0.1, -0.05) is 92.9 Å². The molecule has 0 heterocycles. The standard InChI is InChI=1S/C21H15.C9H13.2CH3.Si.Zr/c1-2-8-16(9-3-1)18-12-6-7-13-20(18)21-15-14-17-10-4-5-11-19(17)21;1-6-5-7(2)9(4)8(6)3;;;;/h1-15H;6H,1-4H3;2*1H3;;/q4*-1;;. The van der Waals surface area contributed by atoms with Crippen molar-refractivity contribution in [3.8, 4) is 22.3 Å². The molecule has 0 aromatic heterocycles. The first-order valence-electron chi connectivity index (χ1n) is 10.9. The van der Waals surface area contributed by atoms with Crippen molar-refractivity contribution >= 4 is 17.7 Å². The van der Waals surface area contributed by atoms with Crippen LogP contribution < -0.4 is 0 Å². The Bertz CT molecular complexity index is 1240. The van der Waals surface area contributed by atoms with E-state index in [4.69, 9.17) is 0 Å². The van der Waals surface area contributed by atoms with Crippen LogP contribution in [0.15, 0.2) is 108 Å². The number of fused-ring (bicyclic) bond motifs is 1. The number of rotatable bonds is 2. The van der Waals surface area contributed by atoms with Crippen molar-refractivity contribution in [1.29, 1.82) is 0 Å². The van der Waals surface area contributed by atoms with Crippen LogP contribution in [0.2, 0.25) is 0 Å². The molecule has 4 aromatic carbocycles. The minimum absolute atomic E-state index is 0. The first-order valence-corrected chi connectivity index (χ1v) is 15.1. The van der Waals surface area contributed by atoms with Crippen molar-refractivity contribution in [1.82, 2.24) is 0 Å². The molecule has 1 aliphatic rings. The van der Waals surface area contributed by atoms with Gasteiger partial charge in [-0.15, -0.1) is 53.6 Å². The molecule has 0 N–H and O–H groups in total. The van der Waals surface area contributed by atoms with Crippen molar-refractivity contribution in [2.45, 2.75) is 27.7 Å². The van der Waals surface area contributed by atoms with Crippen LogP contribution in [-0.2, 0) is 23.3 Å². The Labute approximate surface area is 224 Å². The monoisotopic (exact) mass is 536 g/mol. The molecule has 1 aliphatic carbocycles. The Hall–Kier alpha value is -2.15. The van der Waals surface area contributed by atoms with Gasteiger partial charge < -0.3 is 14.9 Å². The van der Waals surface area contributed by atoms with Gasteiger partial charge in [-0.2, -0.15) is 11.1 Å². The van der Waals surface area contributed by atoms with Crippen molar-refractivity contribution in [3.05, 3.63) is 129 Å². The van der Waals surface area contributed by atoms with Crippen molar-refractivity contribution < 1.29 is 23.3 Å². The van der Waals surface area contributed by atoms with E-state index in [-0.39, 0.29) is 14.9 Å². The van der Waals surface area contributed by atoms with E-state index in [0.717, 1.165) is 0 Å². The summed E-state index contributed by atoms with van der Waals surface area (Å²) in [6, 6.07) is 32.2. The SMILES string of the molecule is CC1=[C-]C(C)C(C)=C1C.[CH3-].[CH3-].[Si]=[Zr].c1ccc(-c2ccccc2-c2c[cH-]c3ccccc23)cc1. The van der Waals surface area contributed by atoms with Gasteiger partial charge in [0.2, 0.25) is 0 Å². The first-order chi connectivity index (χ1) is 15.6. The van der Waals surface area contributed by atoms with Crippen molar-refractivity contribution in [3.63, 3.8) is 0 Å². The summed E-state index contributed by atoms with van der Waals surface area (Å²) in [5, 5.41) is 2.62. The fourth-order valence-corrected chi connectivity index (χ4v) is 4.13. The molecule has 0 bridgehead atoms. The molecule has 5 rings (SSSR count). The summed E-state index contributed by atoms with van der Waals surface area (Å²) in [6.45, 7) is 11.7. The van der Waals surface area contributed by atoms with Crippen LogP contribution in [0.1, 0.15) is 27.7 Å². The number of allylic oxidation sites excluding steroid dienone is 4. The van der Waals surface area contributed by atoms with Crippen LogP contribution in [0, 0.1) is 26.8 Å². The summed E-state index contributed by atoms with van der Waals surface area (Å²) in [6.07, 6.45) is 3.36. The van der Waals surface area contributed by atoms with Gasteiger partial charge in [0.15, 0.2) is 0 Å². The van der Waals surface area contributed by atoms with Gasteiger partial charge >= 0.3 is 30.2 Å². The van der Waals surface area contributed by atoms with E-state index >= 15 is 0 Å². The number of benzene rings is 3. The minimum atomic E-state index is 0. The zero-order chi connectivity index (χ0) is 23.1. The van der Waals surface area contributed by atoms with E-state index in [9.17, 15) is 0 Å². The molecular weight excluding hydrogens is 504 g/mol. The zero-order valence-corrected chi connectivity index (χ0v) is 24.7. The first kappa shape index (κ1) is 29.9. The molecule has 0 spiro atoms. The number of hydrogen-bond donors (Lipinski definition) is 0. The van der Waals surface area contributed by atoms with Crippen LogP contribution in [0.25, 0.3) is 33.0 Å². The Morgan fingerprint density at radius 2 is 1.29 bits per heavy atom. The zero-order valence-electron chi connectivity index (χ0n) is 21.2. The van der Waals surface area contributed by atoms with E-state index in [2.05, 4.69) is 132 Å². The van der Waals surface area contributed by atoms with E-state index < -0.39 is 0 Å². The predicted molar refractivity (Wildman–Crippen MR) is 149 cm³/mol. The molecule has 4 aromatic rings. The quantitative estimate of drug-likeness (QED) is 0.177. The fraction of sp³-hybridized carbons (Fsp3) is 0.156. The van der Waals surface area contributed by atoms with Gasteiger partial charge in [0.1, 0.15) is 0 Å². The molecule has 0 saturated carbocycles. The van der Waals surface area contributed by atoms with Gasteiger partial charge in [-0.3, -0.25) is 6.08 Å². The third-order valence-corrected chi connectivity index (χ3v) is 6.22. The Morgan fingerprint density at radius 1 is 0.735 bits per heavy atom. The topological polar surface area (TPSA) is 0 Å². The molecule has 0 saturated heterocycles. The molecule has 1 unspecified atom stereocenters. The summed E-state index contributed by atoms with van der Waals surface area (Å²) >= 11 is 1.36. The molecule has 34 heavy (non-hydrogen) atoms. The van der Waals surface area contributed by atoms with E-state index in [1.165, 1.54) is 73.1 Å². The maximum atomic E-state index is 3.36. The van der Waals surface area contributed by atoms with Crippen molar-refractivity contribution in [2.75, 3.05) is 0 Å². The summed E-state index contributed by atoms with van der Waals surface area (Å²) in [4.78, 5) is 0. The Kier molecular flexibility index (Phi) is 12.6. The second-order valence-electron chi connectivity index (χ2n) is 8.04. The molecule has 0 nitrogen and oxygen atoms in total. The average Bonchev–Trinajstić information content (AvgIpc) is 3.38. The van der Waals surface area contributed by atoms with Crippen LogP contribution in [0.5, 0.6) is 0 Å². The number of hydrogen-bond acceptors (Lipinski definition) is 0. The van der Waals surface area contributed by atoms with E-state index in [1.54, 1.807) is 0 Å². The maximum absolute atomic E-state index is 3.36. The summed E-state index contributed by atoms with van der Waals surface area (Å²) < 4.78 is 0. The van der Waals surface area contributed by atoms with Crippen LogP contribution in [0.3, 0.4) is 0 Å². The Morgan fingerprint density at radius 3 is 1.85 bits per heavy atom. The van der Waals surface area contributed by atoms with Crippen molar-refractivity contribution in [2.24, 2.45) is 5.92 Å². The second-order valence-corrected chi connectivity index (χ2v) is 8.04. The normalized spacial score (nSPS) is 14.0. The molecule has 0 aliphatic heterocycles. The predicted octanol–water partition coefficient (Wildman–Crippen LogP) is 9.13. The van der Waals surface area contributed by atoms with Crippen LogP contribution >= 0.6 is 0 Å². The van der Waals surface area contributed by atoms with Crippen LogP contribution in [-0.4, -0.2) is 6.88 Å². The molecule has 2 heteroatoms. The fourth-order valence-electron chi connectivity index (χ4n) is 4.13. The van der Waals surface area contributed by atoms with E-state index in [1.807, 2.05) is 0 Å². The van der Waals surface area contributed by atoms with Gasteiger partial charge in [0.05, 0.1) is 0 Å². The third-order valence-electron chi connectivity index (χ3n) is 6.22. The summed E-state index contributed by atoms with van der Waals surface area (Å²) in [5.41, 5.74) is 9.40. The van der Waals surface area contributed by atoms with Gasteiger partial charge in [0, 0.05) is 0 Å². The van der Waals surface area contributed by atoms with E-state index in [0.29, 0.717) is 5.92 Å². The average molecular weight is 538 g/mol. The largest absolute Gasteiger partial charge is 0.150 e. The summed E-state index contributed by atoms with van der Waals surface area (Å²) in [5.74, 6) is 0.560. The minimum Gasteiger partial charge on any atom is -0.150 e. The molecule has 2 radical (unpaired) electrons. The van der Waals surface area contributed by atoms with Gasteiger partial charge in [0.25, 0.3) is 0 Å². The van der Waals surface area contributed by atoms with Gasteiger partial charge in [-0.25, -0.2) is 5.57 Å². The summed E-state index contributed by atoms with van der Waals surface area (Å²) in [7, 11) is 0. The Balaban J connectivity index is 0.000000380. The molecule has 0 fully saturated rings. The molecular formula is C32H34SiZr-4. The molecule has 0 amide bonds.